The van der Waals surface area contributed by atoms with Gasteiger partial charge in [-0.15, -0.1) is 0 Å². The molecule has 2 aliphatic rings. The van der Waals surface area contributed by atoms with Crippen molar-refractivity contribution in [3.8, 4) is 0 Å². The zero-order valence-electron chi connectivity index (χ0n) is 7.82. The van der Waals surface area contributed by atoms with Crippen molar-refractivity contribution in [1.82, 2.24) is 4.90 Å². The van der Waals surface area contributed by atoms with Crippen molar-refractivity contribution in [2.45, 2.75) is 12.8 Å². The molecule has 0 aromatic heterocycles. The summed E-state index contributed by atoms with van der Waals surface area (Å²) in [4.78, 5) is 13.5. The SMILES string of the molecule is C[N+]1=C2[C@H](C(=O)[S-])CCN2CCC1. The van der Waals surface area contributed by atoms with Gasteiger partial charge in [-0.2, -0.15) is 0 Å². The van der Waals surface area contributed by atoms with Gasteiger partial charge in [-0.3, -0.25) is 9.48 Å². The molecule has 0 radical (unpaired) electrons. The number of nitrogens with zero attached hydrogens (tertiary/aromatic N) is 2. The van der Waals surface area contributed by atoms with Crippen molar-refractivity contribution < 1.29 is 9.37 Å². The Morgan fingerprint density at radius 1 is 1.62 bits per heavy atom. The van der Waals surface area contributed by atoms with Crippen LogP contribution in [0.25, 0.3) is 0 Å². The molecule has 1 fully saturated rings. The monoisotopic (exact) mass is 198 g/mol. The van der Waals surface area contributed by atoms with Gasteiger partial charge >= 0.3 is 0 Å². The van der Waals surface area contributed by atoms with E-state index in [1.807, 2.05) is 0 Å². The molecule has 3 nitrogen and oxygen atoms in total. The standard InChI is InChI=1S/C9H14N2OS/c1-10-4-2-5-11-6-3-7(8(10)11)9(12)13/h7H,2-6H2,1H3/t7-/m1/s1. The first-order valence-electron chi connectivity index (χ1n) is 4.74. The van der Waals surface area contributed by atoms with E-state index in [0.29, 0.717) is 0 Å². The van der Waals surface area contributed by atoms with Crippen LogP contribution < -0.4 is 0 Å². The molecule has 0 spiro atoms. The summed E-state index contributed by atoms with van der Waals surface area (Å²) in [5.74, 6) is 1.17. The van der Waals surface area contributed by atoms with Gasteiger partial charge in [0.15, 0.2) is 0 Å². The second-order valence-corrected chi connectivity index (χ2v) is 4.18. The predicted molar refractivity (Wildman–Crippen MR) is 52.7 cm³/mol. The molecule has 0 unspecified atom stereocenters. The highest BCUT2D eigenvalue weighted by atomic mass is 32.1. The maximum Gasteiger partial charge on any atom is 0.255 e. The number of hydrogen-bond donors (Lipinski definition) is 0. The third-order valence-corrected chi connectivity index (χ3v) is 3.21. The average Bonchev–Trinajstić information content (AvgIpc) is 2.49. The molecule has 0 saturated carbocycles. The number of amidine groups is 1. The fourth-order valence-electron chi connectivity index (χ4n) is 2.32. The van der Waals surface area contributed by atoms with E-state index >= 15 is 0 Å². The van der Waals surface area contributed by atoms with E-state index in [-0.39, 0.29) is 11.0 Å². The molecule has 0 N–H and O–H groups in total. The van der Waals surface area contributed by atoms with E-state index in [0.717, 1.165) is 26.1 Å². The van der Waals surface area contributed by atoms with Crippen molar-refractivity contribution in [3.63, 3.8) is 0 Å². The van der Waals surface area contributed by atoms with E-state index in [4.69, 9.17) is 12.6 Å². The Hall–Kier alpha value is -0.640. The fraction of sp³-hybridized carbons (Fsp3) is 0.778. The van der Waals surface area contributed by atoms with Gasteiger partial charge in [0.1, 0.15) is 5.92 Å². The number of carbonyl (C=O) groups is 1. The smallest absolute Gasteiger partial charge is 0.255 e. The van der Waals surface area contributed by atoms with Gasteiger partial charge in [-0.25, -0.2) is 0 Å². The maximum absolute atomic E-state index is 11.2. The number of carbonyl (C=O) groups excluding carboxylic acids is 1. The lowest BCUT2D eigenvalue weighted by molar-refractivity contribution is -0.509. The van der Waals surface area contributed by atoms with E-state index in [2.05, 4.69) is 16.5 Å². The highest BCUT2D eigenvalue weighted by Crippen LogP contribution is 2.22. The highest BCUT2D eigenvalue weighted by molar-refractivity contribution is 7.77. The van der Waals surface area contributed by atoms with Crippen LogP contribution in [0.3, 0.4) is 0 Å². The van der Waals surface area contributed by atoms with Crippen LogP contribution in [0.2, 0.25) is 0 Å². The van der Waals surface area contributed by atoms with E-state index in [9.17, 15) is 4.79 Å². The van der Waals surface area contributed by atoms with Crippen molar-refractivity contribution >= 4 is 23.6 Å². The van der Waals surface area contributed by atoms with Crippen LogP contribution in [0.1, 0.15) is 12.8 Å². The normalized spacial score (nSPS) is 27.8. The summed E-state index contributed by atoms with van der Waals surface area (Å²) in [6.07, 6.45) is 2.11. The maximum atomic E-state index is 11.2. The first kappa shape index (κ1) is 8.94. The Morgan fingerprint density at radius 3 is 3.08 bits per heavy atom. The lowest BCUT2D eigenvalue weighted by Crippen LogP contribution is -2.42. The van der Waals surface area contributed by atoms with Crippen LogP contribution in [0.4, 0.5) is 0 Å². The third kappa shape index (κ3) is 1.43. The average molecular weight is 198 g/mol. The topological polar surface area (TPSA) is 23.3 Å². The van der Waals surface area contributed by atoms with Crippen molar-refractivity contribution in [1.29, 1.82) is 0 Å². The molecule has 2 rings (SSSR count). The molecule has 1 saturated heterocycles. The fourth-order valence-corrected chi connectivity index (χ4v) is 2.54. The minimum absolute atomic E-state index is 0.000278. The molecule has 1 atom stereocenters. The van der Waals surface area contributed by atoms with Crippen LogP contribution >= 0.6 is 0 Å². The Bertz CT molecular complexity index is 275. The molecule has 0 bridgehead atoms. The van der Waals surface area contributed by atoms with E-state index in [1.165, 1.54) is 12.3 Å². The van der Waals surface area contributed by atoms with Gasteiger partial charge in [0.25, 0.3) is 5.84 Å². The van der Waals surface area contributed by atoms with Gasteiger partial charge in [-0.1, -0.05) is 0 Å². The zero-order chi connectivity index (χ0) is 9.42. The molecule has 13 heavy (non-hydrogen) atoms. The van der Waals surface area contributed by atoms with E-state index in [1.54, 1.807) is 0 Å². The van der Waals surface area contributed by atoms with Crippen LogP contribution in [-0.4, -0.2) is 47.1 Å². The largest absolute Gasteiger partial charge is 0.741 e. The van der Waals surface area contributed by atoms with Crippen molar-refractivity contribution in [3.05, 3.63) is 0 Å². The molecular weight excluding hydrogens is 184 g/mol. The summed E-state index contributed by atoms with van der Waals surface area (Å²) < 4.78 is 2.19. The van der Waals surface area contributed by atoms with E-state index < -0.39 is 0 Å². The summed E-state index contributed by atoms with van der Waals surface area (Å²) in [5.41, 5.74) is 0. The summed E-state index contributed by atoms with van der Waals surface area (Å²) in [6, 6.07) is 0. The van der Waals surface area contributed by atoms with Gasteiger partial charge in [-0.05, 0) is 0 Å². The molecule has 2 heterocycles. The van der Waals surface area contributed by atoms with Crippen LogP contribution in [-0.2, 0) is 17.4 Å². The zero-order valence-corrected chi connectivity index (χ0v) is 8.64. The highest BCUT2D eigenvalue weighted by Gasteiger charge is 2.39. The Balaban J connectivity index is 2.31. The first-order chi connectivity index (χ1) is 6.20. The van der Waals surface area contributed by atoms with Gasteiger partial charge in [0.05, 0.1) is 26.7 Å². The molecule has 0 aliphatic carbocycles. The molecular formula is C9H14N2OS. The van der Waals surface area contributed by atoms with Crippen molar-refractivity contribution in [2.24, 2.45) is 5.92 Å². The summed E-state index contributed by atoms with van der Waals surface area (Å²) >= 11 is 4.75. The molecule has 0 aromatic carbocycles. The van der Waals surface area contributed by atoms with Gasteiger partial charge in [0, 0.05) is 18.0 Å². The second kappa shape index (κ2) is 3.25. The minimum Gasteiger partial charge on any atom is -0.741 e. The summed E-state index contributed by atoms with van der Waals surface area (Å²) in [7, 11) is 2.05. The molecule has 2 aliphatic heterocycles. The lowest BCUT2D eigenvalue weighted by Gasteiger charge is -2.22. The Morgan fingerprint density at radius 2 is 2.38 bits per heavy atom. The van der Waals surface area contributed by atoms with Gasteiger partial charge < -0.3 is 17.4 Å². The predicted octanol–water partition coefficient (Wildman–Crippen LogP) is -0.174. The number of rotatable bonds is 1. The second-order valence-electron chi connectivity index (χ2n) is 3.78. The minimum atomic E-state index is -0.0914. The number of fused-ring (bicyclic) bond motifs is 1. The molecule has 0 amide bonds. The van der Waals surface area contributed by atoms with Crippen LogP contribution in [0.5, 0.6) is 0 Å². The lowest BCUT2D eigenvalue weighted by atomic mass is 10.1. The van der Waals surface area contributed by atoms with Crippen LogP contribution in [0.15, 0.2) is 0 Å². The summed E-state index contributed by atoms with van der Waals surface area (Å²) in [5, 5.41) is -0.0914. The molecule has 72 valence electrons. The molecule has 4 heteroatoms. The van der Waals surface area contributed by atoms with Crippen LogP contribution in [0, 0.1) is 5.92 Å². The van der Waals surface area contributed by atoms with Gasteiger partial charge in [0.2, 0.25) is 0 Å². The first-order valence-corrected chi connectivity index (χ1v) is 5.15. The Kier molecular flexibility index (Phi) is 2.24. The summed E-state index contributed by atoms with van der Waals surface area (Å²) in [6.45, 7) is 3.16. The third-order valence-electron chi connectivity index (χ3n) is 2.92. The Labute approximate surface area is 83.8 Å². The number of hydrogen-bond acceptors (Lipinski definition) is 3. The van der Waals surface area contributed by atoms with Crippen molar-refractivity contribution in [2.75, 3.05) is 26.7 Å². The molecule has 0 aromatic rings. The quantitative estimate of drug-likeness (QED) is 0.431.